The minimum atomic E-state index is -1.27. The fourth-order valence-electron chi connectivity index (χ4n) is 1.38. The first-order chi connectivity index (χ1) is 9.45. The van der Waals surface area contributed by atoms with Crippen LogP contribution < -0.4 is 10.6 Å². The zero-order valence-corrected chi connectivity index (χ0v) is 11.4. The van der Waals surface area contributed by atoms with Crippen molar-refractivity contribution in [3.63, 3.8) is 0 Å². The number of ether oxygens (including phenoxy) is 1. The average Bonchev–Trinajstić information content (AvgIpc) is 2.36. The predicted octanol–water partition coefficient (Wildman–Crippen LogP) is 1.72. The second-order valence-corrected chi connectivity index (χ2v) is 3.99. The van der Waals surface area contributed by atoms with Gasteiger partial charge in [-0.1, -0.05) is 17.7 Å². The summed E-state index contributed by atoms with van der Waals surface area (Å²) in [4.78, 5) is 33.6. The van der Waals surface area contributed by atoms with Crippen LogP contribution in [0.25, 0.3) is 0 Å². The molecule has 1 aromatic rings. The highest BCUT2D eigenvalue weighted by Gasteiger charge is 2.16. The molecule has 2 amide bonds. The van der Waals surface area contributed by atoms with Crippen LogP contribution in [0.5, 0.6) is 0 Å². The molecule has 0 saturated carbocycles. The summed E-state index contributed by atoms with van der Waals surface area (Å²) in [6.45, 7) is 1.53. The lowest BCUT2D eigenvalue weighted by molar-refractivity contribution is -0.141. The first-order valence-electron chi connectivity index (χ1n) is 5.68. The first kappa shape index (κ1) is 15.8. The molecule has 0 fully saturated rings. The normalized spacial score (nSPS) is 9.70. The number of urea groups is 1. The van der Waals surface area contributed by atoms with E-state index in [4.69, 9.17) is 16.7 Å². The van der Waals surface area contributed by atoms with Crippen LogP contribution in [0.1, 0.15) is 17.3 Å². The molecule has 3 N–H and O–H groups in total. The second-order valence-electron chi connectivity index (χ2n) is 3.58. The molecule has 108 valence electrons. The standard InChI is InChI=1S/C12H13ClN2O5/c1-2-20-9(16)6-14-12(19)15-8-5-3-4-7(13)10(8)11(17)18/h3-5H,2,6H2,1H3,(H,17,18)(H2,14,15,19). The van der Waals surface area contributed by atoms with Gasteiger partial charge in [0, 0.05) is 0 Å². The molecule has 0 radical (unpaired) electrons. The molecule has 0 atom stereocenters. The lowest BCUT2D eigenvalue weighted by atomic mass is 10.2. The number of esters is 1. The first-order valence-corrected chi connectivity index (χ1v) is 6.05. The molecule has 1 rings (SSSR count). The van der Waals surface area contributed by atoms with Crippen molar-refractivity contribution < 1.29 is 24.2 Å². The fraction of sp³-hybridized carbons (Fsp3) is 0.250. The van der Waals surface area contributed by atoms with Crippen LogP contribution in [-0.4, -0.2) is 36.2 Å². The van der Waals surface area contributed by atoms with Crippen molar-refractivity contribution in [2.75, 3.05) is 18.5 Å². The fourth-order valence-corrected chi connectivity index (χ4v) is 1.63. The highest BCUT2D eigenvalue weighted by atomic mass is 35.5. The Morgan fingerprint density at radius 1 is 1.35 bits per heavy atom. The van der Waals surface area contributed by atoms with E-state index in [-0.39, 0.29) is 29.4 Å². The Kier molecular flexibility index (Phi) is 5.79. The Bertz CT molecular complexity index is 533. The summed E-state index contributed by atoms with van der Waals surface area (Å²) in [6, 6.07) is 3.55. The zero-order valence-electron chi connectivity index (χ0n) is 10.6. The van der Waals surface area contributed by atoms with Gasteiger partial charge in [0.25, 0.3) is 0 Å². The Morgan fingerprint density at radius 2 is 2.05 bits per heavy atom. The van der Waals surface area contributed by atoms with Crippen molar-refractivity contribution in [2.24, 2.45) is 0 Å². The van der Waals surface area contributed by atoms with Gasteiger partial charge in [-0.15, -0.1) is 0 Å². The number of nitrogens with one attached hydrogen (secondary N) is 2. The molecule has 8 heteroatoms. The Labute approximate surface area is 119 Å². The quantitative estimate of drug-likeness (QED) is 0.718. The van der Waals surface area contributed by atoms with Gasteiger partial charge in [0.05, 0.1) is 17.3 Å². The summed E-state index contributed by atoms with van der Waals surface area (Å²) in [5.74, 6) is -1.86. The van der Waals surface area contributed by atoms with E-state index in [9.17, 15) is 14.4 Å². The van der Waals surface area contributed by atoms with Crippen LogP contribution in [0.15, 0.2) is 18.2 Å². The number of carboxylic acids is 1. The number of anilines is 1. The van der Waals surface area contributed by atoms with Gasteiger partial charge in [0.1, 0.15) is 12.1 Å². The lowest BCUT2D eigenvalue weighted by Crippen LogP contribution is -2.34. The maximum Gasteiger partial charge on any atom is 0.339 e. The lowest BCUT2D eigenvalue weighted by Gasteiger charge is -2.10. The number of hydrogen-bond donors (Lipinski definition) is 3. The van der Waals surface area contributed by atoms with E-state index >= 15 is 0 Å². The van der Waals surface area contributed by atoms with Gasteiger partial charge in [-0.3, -0.25) is 4.79 Å². The summed E-state index contributed by atoms with van der Waals surface area (Å²) < 4.78 is 4.63. The molecule has 0 heterocycles. The third kappa shape index (κ3) is 4.43. The van der Waals surface area contributed by atoms with Gasteiger partial charge in [-0.2, -0.15) is 0 Å². The van der Waals surface area contributed by atoms with Crippen LogP contribution in [0, 0.1) is 0 Å². The van der Waals surface area contributed by atoms with E-state index < -0.39 is 18.0 Å². The monoisotopic (exact) mass is 300 g/mol. The van der Waals surface area contributed by atoms with Crippen LogP contribution in [-0.2, 0) is 9.53 Å². The molecular formula is C12H13ClN2O5. The summed E-state index contributed by atoms with van der Waals surface area (Å²) >= 11 is 5.75. The van der Waals surface area contributed by atoms with Crippen molar-refractivity contribution in [1.29, 1.82) is 0 Å². The van der Waals surface area contributed by atoms with Gasteiger partial charge >= 0.3 is 18.0 Å². The second kappa shape index (κ2) is 7.34. The maximum atomic E-state index is 11.5. The molecule has 0 aliphatic heterocycles. The van der Waals surface area contributed by atoms with Crippen molar-refractivity contribution in [3.8, 4) is 0 Å². The smallest absolute Gasteiger partial charge is 0.339 e. The topological polar surface area (TPSA) is 105 Å². The number of hydrogen-bond acceptors (Lipinski definition) is 4. The third-order valence-electron chi connectivity index (χ3n) is 2.17. The molecule has 0 unspecified atom stereocenters. The summed E-state index contributed by atoms with van der Waals surface area (Å²) in [7, 11) is 0. The number of amides is 2. The number of carbonyl (C=O) groups excluding carboxylic acids is 2. The zero-order chi connectivity index (χ0) is 15.1. The van der Waals surface area contributed by atoms with Crippen LogP contribution in [0.4, 0.5) is 10.5 Å². The highest BCUT2D eigenvalue weighted by molar-refractivity contribution is 6.34. The molecule has 7 nitrogen and oxygen atoms in total. The maximum absolute atomic E-state index is 11.5. The summed E-state index contributed by atoms with van der Waals surface area (Å²) in [5, 5.41) is 13.6. The van der Waals surface area contributed by atoms with Crippen LogP contribution in [0.3, 0.4) is 0 Å². The Morgan fingerprint density at radius 3 is 2.65 bits per heavy atom. The van der Waals surface area contributed by atoms with Gasteiger partial charge in [-0.05, 0) is 19.1 Å². The van der Waals surface area contributed by atoms with E-state index in [1.807, 2.05) is 0 Å². The van der Waals surface area contributed by atoms with E-state index in [1.54, 1.807) is 6.92 Å². The van der Waals surface area contributed by atoms with E-state index in [0.29, 0.717) is 0 Å². The largest absolute Gasteiger partial charge is 0.478 e. The Hall–Kier alpha value is -2.28. The number of carbonyl (C=O) groups is 3. The number of carboxylic acid groups (broad SMARTS) is 1. The summed E-state index contributed by atoms with van der Waals surface area (Å²) in [5.41, 5.74) is -0.188. The van der Waals surface area contributed by atoms with Gasteiger partial charge in [0.2, 0.25) is 0 Å². The third-order valence-corrected chi connectivity index (χ3v) is 2.49. The average molecular weight is 301 g/mol. The molecule has 0 saturated heterocycles. The molecule has 0 bridgehead atoms. The SMILES string of the molecule is CCOC(=O)CNC(=O)Nc1cccc(Cl)c1C(=O)O. The van der Waals surface area contributed by atoms with Crippen LogP contribution in [0.2, 0.25) is 5.02 Å². The van der Waals surface area contributed by atoms with Crippen molar-refractivity contribution in [3.05, 3.63) is 28.8 Å². The molecule has 1 aromatic carbocycles. The number of benzene rings is 1. The van der Waals surface area contributed by atoms with Crippen molar-refractivity contribution in [2.45, 2.75) is 6.92 Å². The number of rotatable bonds is 5. The molecule has 0 aliphatic rings. The number of aromatic carboxylic acids is 1. The molecule has 20 heavy (non-hydrogen) atoms. The molecule has 0 spiro atoms. The van der Waals surface area contributed by atoms with E-state index in [1.165, 1.54) is 18.2 Å². The number of halogens is 1. The molecule has 0 aliphatic carbocycles. The van der Waals surface area contributed by atoms with Crippen molar-refractivity contribution in [1.82, 2.24) is 5.32 Å². The van der Waals surface area contributed by atoms with E-state index in [0.717, 1.165) is 0 Å². The predicted molar refractivity (Wildman–Crippen MR) is 72.1 cm³/mol. The highest BCUT2D eigenvalue weighted by Crippen LogP contribution is 2.24. The van der Waals surface area contributed by atoms with Gasteiger partial charge in [-0.25, -0.2) is 9.59 Å². The minimum absolute atomic E-state index is 0.000641. The summed E-state index contributed by atoms with van der Waals surface area (Å²) in [6.07, 6.45) is 0. The van der Waals surface area contributed by atoms with Gasteiger partial charge in [0.15, 0.2) is 0 Å². The van der Waals surface area contributed by atoms with E-state index in [2.05, 4.69) is 15.4 Å². The minimum Gasteiger partial charge on any atom is -0.478 e. The molecular weight excluding hydrogens is 288 g/mol. The van der Waals surface area contributed by atoms with Crippen molar-refractivity contribution >= 4 is 35.3 Å². The van der Waals surface area contributed by atoms with Crippen LogP contribution >= 0.6 is 11.6 Å². The Balaban J connectivity index is 2.69. The van der Waals surface area contributed by atoms with Gasteiger partial charge < -0.3 is 20.5 Å². The molecule has 0 aromatic heterocycles.